The summed E-state index contributed by atoms with van der Waals surface area (Å²) < 4.78 is 5.40. The molecule has 0 aliphatic carbocycles. The minimum atomic E-state index is 0.572. The summed E-state index contributed by atoms with van der Waals surface area (Å²) in [5.74, 6) is 0.572. The summed E-state index contributed by atoms with van der Waals surface area (Å²) in [6.45, 7) is 3.43. The van der Waals surface area contributed by atoms with Crippen LogP contribution >= 0.6 is 11.8 Å². The fourth-order valence-electron chi connectivity index (χ4n) is 2.86. The Hall–Kier alpha value is -2.77. The third-order valence-corrected chi connectivity index (χ3v) is 5.14. The highest BCUT2D eigenvalue weighted by molar-refractivity contribution is 7.99. The van der Waals surface area contributed by atoms with E-state index >= 15 is 0 Å². The molecule has 0 amide bonds. The standard InChI is InChI=1S/C20H21N5OS/c21-15-2-1-3-18(14-15)27-19-8-9-22-20(24-19)23-16-4-6-17(7-5-16)25-10-12-26-13-11-25/h1-9,14H,10-13,21H2,(H,22,23,24). The second-order valence-electron chi connectivity index (χ2n) is 6.16. The number of morpholine rings is 1. The van der Waals surface area contributed by atoms with Crippen LogP contribution in [0.15, 0.2) is 70.7 Å². The third-order valence-electron chi connectivity index (χ3n) is 4.21. The number of aromatic nitrogens is 2. The number of benzene rings is 2. The van der Waals surface area contributed by atoms with Gasteiger partial charge in [0.2, 0.25) is 5.95 Å². The van der Waals surface area contributed by atoms with Crippen molar-refractivity contribution in [3.63, 3.8) is 0 Å². The molecule has 1 fully saturated rings. The SMILES string of the molecule is Nc1cccc(Sc2ccnc(Nc3ccc(N4CCOCC4)cc3)n2)c1. The van der Waals surface area contributed by atoms with Crippen LogP contribution in [0.25, 0.3) is 0 Å². The zero-order valence-corrected chi connectivity index (χ0v) is 15.7. The van der Waals surface area contributed by atoms with Crippen molar-refractivity contribution in [2.45, 2.75) is 9.92 Å². The number of anilines is 4. The second-order valence-corrected chi connectivity index (χ2v) is 7.26. The van der Waals surface area contributed by atoms with Crippen LogP contribution in [0, 0.1) is 0 Å². The van der Waals surface area contributed by atoms with Gasteiger partial charge in [-0.05, 0) is 48.5 Å². The number of rotatable bonds is 5. The minimum Gasteiger partial charge on any atom is -0.399 e. The van der Waals surface area contributed by atoms with Crippen LogP contribution in [0.2, 0.25) is 0 Å². The molecule has 0 spiro atoms. The first-order valence-corrected chi connectivity index (χ1v) is 9.64. The van der Waals surface area contributed by atoms with E-state index in [1.807, 2.05) is 42.5 Å². The zero-order chi connectivity index (χ0) is 18.5. The van der Waals surface area contributed by atoms with Gasteiger partial charge in [0, 0.05) is 41.2 Å². The van der Waals surface area contributed by atoms with Crippen molar-refractivity contribution in [2.75, 3.05) is 42.3 Å². The lowest BCUT2D eigenvalue weighted by Gasteiger charge is -2.28. The van der Waals surface area contributed by atoms with Crippen molar-refractivity contribution in [1.29, 1.82) is 0 Å². The molecule has 0 unspecified atom stereocenters. The van der Waals surface area contributed by atoms with Crippen molar-refractivity contribution in [3.05, 3.63) is 60.8 Å². The third kappa shape index (κ3) is 4.69. The van der Waals surface area contributed by atoms with Gasteiger partial charge in [-0.2, -0.15) is 0 Å². The van der Waals surface area contributed by atoms with Gasteiger partial charge in [0.25, 0.3) is 0 Å². The topological polar surface area (TPSA) is 76.3 Å². The van der Waals surface area contributed by atoms with Gasteiger partial charge < -0.3 is 20.7 Å². The molecule has 138 valence electrons. The molecule has 0 saturated carbocycles. The van der Waals surface area contributed by atoms with E-state index in [9.17, 15) is 0 Å². The maximum absolute atomic E-state index is 5.84. The highest BCUT2D eigenvalue weighted by atomic mass is 32.2. The monoisotopic (exact) mass is 379 g/mol. The largest absolute Gasteiger partial charge is 0.399 e. The summed E-state index contributed by atoms with van der Waals surface area (Å²) in [5, 5.41) is 4.13. The molecule has 0 atom stereocenters. The lowest BCUT2D eigenvalue weighted by Crippen LogP contribution is -2.36. The Labute approximate surface area is 162 Å². The first kappa shape index (κ1) is 17.6. The van der Waals surface area contributed by atoms with Crippen molar-refractivity contribution in [3.8, 4) is 0 Å². The highest BCUT2D eigenvalue weighted by Gasteiger charge is 2.11. The molecule has 1 aliphatic heterocycles. The summed E-state index contributed by atoms with van der Waals surface area (Å²) in [7, 11) is 0. The molecule has 4 rings (SSSR count). The van der Waals surface area contributed by atoms with Gasteiger partial charge in [0.1, 0.15) is 5.03 Å². The zero-order valence-electron chi connectivity index (χ0n) is 14.8. The fourth-order valence-corrected chi connectivity index (χ4v) is 3.71. The Balaban J connectivity index is 1.43. The van der Waals surface area contributed by atoms with Crippen LogP contribution in [0.1, 0.15) is 0 Å². The minimum absolute atomic E-state index is 0.572. The van der Waals surface area contributed by atoms with E-state index in [2.05, 4.69) is 32.3 Å². The lowest BCUT2D eigenvalue weighted by atomic mass is 10.2. The molecule has 1 saturated heterocycles. The normalized spacial score (nSPS) is 14.1. The molecule has 2 heterocycles. The van der Waals surface area contributed by atoms with Gasteiger partial charge in [0.15, 0.2) is 0 Å². The summed E-state index contributed by atoms with van der Waals surface area (Å²) >= 11 is 1.56. The number of ether oxygens (including phenoxy) is 1. The molecular formula is C20H21N5OS. The first-order chi connectivity index (χ1) is 13.3. The van der Waals surface area contributed by atoms with Crippen LogP contribution in [0.3, 0.4) is 0 Å². The maximum atomic E-state index is 5.84. The first-order valence-electron chi connectivity index (χ1n) is 8.82. The molecule has 2 aromatic carbocycles. The highest BCUT2D eigenvalue weighted by Crippen LogP contribution is 2.28. The van der Waals surface area contributed by atoms with E-state index in [1.165, 1.54) is 5.69 Å². The number of nitrogens with two attached hydrogens (primary N) is 1. The lowest BCUT2D eigenvalue weighted by molar-refractivity contribution is 0.122. The van der Waals surface area contributed by atoms with Gasteiger partial charge in [-0.1, -0.05) is 17.8 Å². The van der Waals surface area contributed by atoms with E-state index in [0.717, 1.165) is 47.6 Å². The average molecular weight is 379 g/mol. The van der Waals surface area contributed by atoms with E-state index in [-0.39, 0.29) is 0 Å². The van der Waals surface area contributed by atoms with Gasteiger partial charge in [-0.3, -0.25) is 0 Å². The van der Waals surface area contributed by atoms with Crippen LogP contribution in [0.4, 0.5) is 23.0 Å². The summed E-state index contributed by atoms with van der Waals surface area (Å²) in [5.41, 5.74) is 8.75. The predicted octanol–water partition coefficient (Wildman–Crippen LogP) is 3.79. The summed E-state index contributed by atoms with van der Waals surface area (Å²) in [6, 6.07) is 18.0. The smallest absolute Gasteiger partial charge is 0.228 e. The number of hydrogen-bond donors (Lipinski definition) is 2. The van der Waals surface area contributed by atoms with Gasteiger partial charge >= 0.3 is 0 Å². The summed E-state index contributed by atoms with van der Waals surface area (Å²) in [4.78, 5) is 12.3. The quantitative estimate of drug-likeness (QED) is 0.516. The van der Waals surface area contributed by atoms with Gasteiger partial charge in [0.05, 0.1) is 13.2 Å². The Morgan fingerprint density at radius 2 is 1.85 bits per heavy atom. The maximum Gasteiger partial charge on any atom is 0.228 e. The van der Waals surface area contributed by atoms with E-state index in [4.69, 9.17) is 10.5 Å². The molecule has 1 aliphatic rings. The molecule has 3 aromatic rings. The molecule has 3 N–H and O–H groups in total. The molecule has 0 radical (unpaired) electrons. The molecule has 6 nitrogen and oxygen atoms in total. The number of nitrogens with zero attached hydrogens (tertiary/aromatic N) is 3. The molecular weight excluding hydrogens is 358 g/mol. The molecule has 0 bridgehead atoms. The second kappa shape index (κ2) is 8.28. The Bertz CT molecular complexity index is 897. The van der Waals surface area contributed by atoms with Crippen LogP contribution in [-0.4, -0.2) is 36.3 Å². The fraction of sp³-hybridized carbons (Fsp3) is 0.200. The van der Waals surface area contributed by atoms with Crippen LogP contribution in [0.5, 0.6) is 0 Å². The van der Waals surface area contributed by atoms with E-state index in [0.29, 0.717) is 5.95 Å². The Kier molecular flexibility index (Phi) is 5.41. The van der Waals surface area contributed by atoms with Crippen molar-refractivity contribution >= 4 is 34.8 Å². The number of hydrogen-bond acceptors (Lipinski definition) is 7. The predicted molar refractivity (Wildman–Crippen MR) is 110 cm³/mol. The molecule has 1 aromatic heterocycles. The number of nitrogen functional groups attached to an aromatic ring is 1. The summed E-state index contributed by atoms with van der Waals surface area (Å²) in [6.07, 6.45) is 1.76. The van der Waals surface area contributed by atoms with Crippen LogP contribution < -0.4 is 16.0 Å². The van der Waals surface area contributed by atoms with E-state index in [1.54, 1.807) is 18.0 Å². The molecule has 7 heteroatoms. The Morgan fingerprint density at radius 3 is 2.63 bits per heavy atom. The van der Waals surface area contributed by atoms with Crippen LogP contribution in [-0.2, 0) is 4.74 Å². The van der Waals surface area contributed by atoms with Gasteiger partial charge in [-0.15, -0.1) is 0 Å². The Morgan fingerprint density at radius 1 is 1.04 bits per heavy atom. The van der Waals surface area contributed by atoms with Crippen molar-refractivity contribution in [2.24, 2.45) is 0 Å². The average Bonchev–Trinajstić information content (AvgIpc) is 2.70. The van der Waals surface area contributed by atoms with E-state index < -0.39 is 0 Å². The number of nitrogens with one attached hydrogen (secondary N) is 1. The van der Waals surface area contributed by atoms with Gasteiger partial charge in [-0.25, -0.2) is 9.97 Å². The van der Waals surface area contributed by atoms with Crippen molar-refractivity contribution in [1.82, 2.24) is 9.97 Å². The molecule has 27 heavy (non-hydrogen) atoms. The van der Waals surface area contributed by atoms with Crippen molar-refractivity contribution < 1.29 is 4.74 Å².